The van der Waals surface area contributed by atoms with Crippen LogP contribution >= 0.6 is 72.4 Å². The van der Waals surface area contributed by atoms with E-state index in [2.05, 4.69) is 72.7 Å². The van der Waals surface area contributed by atoms with E-state index in [1.165, 1.54) is 11.3 Å². The fourth-order valence-corrected chi connectivity index (χ4v) is 7.72. The lowest BCUT2D eigenvalue weighted by Gasteiger charge is -2.26. The number of halogens is 3. The first-order valence-corrected chi connectivity index (χ1v) is 15.6. The van der Waals surface area contributed by atoms with E-state index in [9.17, 15) is 9.59 Å². The molecule has 0 fully saturated rings. The van der Waals surface area contributed by atoms with Crippen molar-refractivity contribution in [3.8, 4) is 11.5 Å². The first-order valence-electron chi connectivity index (χ1n) is 11.8. The van der Waals surface area contributed by atoms with Crippen molar-refractivity contribution < 1.29 is 19.0 Å². The Bertz CT molecular complexity index is 1650. The van der Waals surface area contributed by atoms with E-state index in [-0.39, 0.29) is 11.7 Å². The minimum Gasteiger partial charge on any atom is -0.496 e. The normalized spacial score (nSPS) is 15.2. The maximum absolute atomic E-state index is 14.0. The molecule has 0 saturated carbocycles. The van der Waals surface area contributed by atoms with Gasteiger partial charge in [0, 0.05) is 10.0 Å². The molecule has 11 heteroatoms. The lowest BCUT2D eigenvalue weighted by Crippen LogP contribution is -2.40. The lowest BCUT2D eigenvalue weighted by atomic mass is 9.95. The molecule has 1 atom stereocenters. The van der Waals surface area contributed by atoms with Crippen LogP contribution in [-0.2, 0) is 9.53 Å². The van der Waals surface area contributed by atoms with Gasteiger partial charge >= 0.3 is 5.97 Å². The van der Waals surface area contributed by atoms with E-state index in [0.29, 0.717) is 38.5 Å². The highest BCUT2D eigenvalue weighted by Gasteiger charge is 2.35. The Labute approximate surface area is 265 Å². The number of carbonyl (C=O) groups excluding carboxylic acids is 1. The Morgan fingerprint density at radius 1 is 1.26 bits per heavy atom. The van der Waals surface area contributed by atoms with E-state index in [4.69, 9.17) is 14.2 Å². The van der Waals surface area contributed by atoms with Crippen molar-refractivity contribution in [2.24, 2.45) is 4.99 Å². The monoisotopic (exact) mass is 834 g/mol. The van der Waals surface area contributed by atoms with Gasteiger partial charge in [0.25, 0.3) is 5.56 Å². The van der Waals surface area contributed by atoms with Gasteiger partial charge in [-0.1, -0.05) is 39.9 Å². The summed E-state index contributed by atoms with van der Waals surface area (Å²) < 4.78 is 21.7. The highest BCUT2D eigenvalue weighted by atomic mass is 127. The van der Waals surface area contributed by atoms with Crippen LogP contribution in [-0.4, -0.2) is 30.4 Å². The molecule has 0 bridgehead atoms. The molecule has 0 unspecified atom stereocenters. The molecule has 0 spiro atoms. The summed E-state index contributed by atoms with van der Waals surface area (Å²) in [5.41, 5.74) is 2.04. The van der Waals surface area contributed by atoms with E-state index >= 15 is 0 Å². The molecule has 39 heavy (non-hydrogen) atoms. The van der Waals surface area contributed by atoms with Crippen LogP contribution in [0, 0.1) is 7.14 Å². The predicted molar refractivity (Wildman–Crippen MR) is 173 cm³/mol. The molecular formula is C28H25BrI2N2O5S. The number of thiazole rings is 1. The molecule has 3 aromatic rings. The van der Waals surface area contributed by atoms with Gasteiger partial charge in [0.05, 0.1) is 36.2 Å². The molecule has 4 rings (SSSR count). The van der Waals surface area contributed by atoms with Crippen LogP contribution in [0.15, 0.2) is 68.5 Å². The minimum atomic E-state index is -0.781. The SMILES string of the molecule is C=CCOc1c(I)cc(/C=c2\sc3n(c2=O)[C@H](c2cc(Br)ccc2OC)C(C(=O)OC(C)C)=C(C)N=3)cc1I. The molecule has 1 aromatic heterocycles. The van der Waals surface area contributed by atoms with Crippen LogP contribution in [0.25, 0.3) is 6.08 Å². The van der Waals surface area contributed by atoms with E-state index in [1.54, 1.807) is 44.6 Å². The Kier molecular flexibility index (Phi) is 9.76. The molecule has 2 aromatic carbocycles. The molecular weight excluding hydrogens is 810 g/mol. The molecule has 0 radical (unpaired) electrons. The zero-order valence-electron chi connectivity index (χ0n) is 21.6. The number of carbonyl (C=O) groups is 1. The van der Waals surface area contributed by atoms with Crippen molar-refractivity contribution in [1.29, 1.82) is 0 Å². The molecule has 0 amide bonds. The maximum atomic E-state index is 14.0. The van der Waals surface area contributed by atoms with Crippen molar-refractivity contribution in [2.75, 3.05) is 13.7 Å². The third-order valence-electron chi connectivity index (χ3n) is 5.73. The summed E-state index contributed by atoms with van der Waals surface area (Å²) in [4.78, 5) is 32.5. The van der Waals surface area contributed by atoms with Gasteiger partial charge in [-0.3, -0.25) is 9.36 Å². The second kappa shape index (κ2) is 12.7. The van der Waals surface area contributed by atoms with Gasteiger partial charge in [-0.15, -0.1) is 0 Å². The number of aromatic nitrogens is 1. The number of ether oxygens (including phenoxy) is 3. The molecule has 0 aliphatic carbocycles. The van der Waals surface area contributed by atoms with Gasteiger partial charge in [-0.2, -0.15) is 0 Å². The number of methoxy groups -OCH3 is 1. The minimum absolute atomic E-state index is 0.259. The second-order valence-electron chi connectivity index (χ2n) is 8.84. The number of rotatable bonds is 8. The topological polar surface area (TPSA) is 79.1 Å². The Balaban J connectivity index is 1.94. The van der Waals surface area contributed by atoms with Crippen molar-refractivity contribution in [2.45, 2.75) is 32.9 Å². The number of benzene rings is 2. The Morgan fingerprint density at radius 3 is 2.56 bits per heavy atom. The molecule has 7 nitrogen and oxygen atoms in total. The molecule has 0 saturated heterocycles. The number of nitrogens with zero attached hydrogens (tertiary/aromatic N) is 2. The number of esters is 1. The van der Waals surface area contributed by atoms with Crippen LogP contribution in [0.2, 0.25) is 0 Å². The average Bonchev–Trinajstić information content (AvgIpc) is 3.16. The second-order valence-corrected chi connectivity index (χ2v) is 13.1. The van der Waals surface area contributed by atoms with E-state index in [1.807, 2.05) is 30.3 Å². The smallest absolute Gasteiger partial charge is 0.338 e. The molecule has 2 heterocycles. The number of hydrogen-bond acceptors (Lipinski definition) is 7. The fourth-order valence-electron chi connectivity index (χ4n) is 4.17. The fraction of sp³-hybridized carbons (Fsp3) is 0.250. The summed E-state index contributed by atoms with van der Waals surface area (Å²) in [6, 6.07) is 8.65. The van der Waals surface area contributed by atoms with E-state index in [0.717, 1.165) is 22.9 Å². The van der Waals surface area contributed by atoms with Gasteiger partial charge in [0.2, 0.25) is 0 Å². The highest BCUT2D eigenvalue weighted by molar-refractivity contribution is 14.1. The predicted octanol–water partition coefficient (Wildman–Crippen LogP) is 5.73. The summed E-state index contributed by atoms with van der Waals surface area (Å²) in [5, 5.41) is 0. The quantitative estimate of drug-likeness (QED) is 0.165. The largest absolute Gasteiger partial charge is 0.496 e. The Morgan fingerprint density at radius 2 is 1.95 bits per heavy atom. The van der Waals surface area contributed by atoms with Crippen LogP contribution in [0.4, 0.5) is 0 Å². The first-order chi connectivity index (χ1) is 18.5. The summed E-state index contributed by atoms with van der Waals surface area (Å²) in [5.74, 6) is 0.800. The lowest BCUT2D eigenvalue weighted by molar-refractivity contribution is -0.143. The molecule has 1 aliphatic heterocycles. The Hall–Kier alpha value is -1.97. The summed E-state index contributed by atoms with van der Waals surface area (Å²) >= 11 is 9.25. The third kappa shape index (κ3) is 6.35. The van der Waals surface area contributed by atoms with E-state index < -0.39 is 12.0 Å². The summed E-state index contributed by atoms with van der Waals surface area (Å²) in [6.07, 6.45) is 3.20. The van der Waals surface area contributed by atoms with Crippen LogP contribution in [0.3, 0.4) is 0 Å². The van der Waals surface area contributed by atoms with Crippen molar-refractivity contribution in [1.82, 2.24) is 4.57 Å². The van der Waals surface area contributed by atoms with Crippen molar-refractivity contribution in [3.05, 3.63) is 96.7 Å². The highest BCUT2D eigenvalue weighted by Crippen LogP contribution is 2.37. The van der Waals surface area contributed by atoms with Crippen LogP contribution in [0.1, 0.15) is 37.9 Å². The number of fused-ring (bicyclic) bond motifs is 1. The van der Waals surface area contributed by atoms with Gasteiger partial charge in [0.1, 0.15) is 24.1 Å². The summed E-state index contributed by atoms with van der Waals surface area (Å²) in [7, 11) is 1.56. The van der Waals surface area contributed by atoms with Crippen LogP contribution in [0.5, 0.6) is 11.5 Å². The molecule has 0 N–H and O–H groups in total. The van der Waals surface area contributed by atoms with Crippen molar-refractivity contribution >= 4 is 84.5 Å². The summed E-state index contributed by atoms with van der Waals surface area (Å²) in [6.45, 7) is 9.45. The first kappa shape index (κ1) is 30.0. The number of hydrogen-bond donors (Lipinski definition) is 0. The van der Waals surface area contributed by atoms with Gasteiger partial charge in [-0.25, -0.2) is 9.79 Å². The average molecular weight is 835 g/mol. The zero-order chi connectivity index (χ0) is 28.4. The third-order valence-corrected chi connectivity index (χ3v) is 8.81. The standard InChI is InChI=1S/C28H25BrI2N2O5S/c1-6-9-37-25-19(30)10-16(11-20(25)31)12-22-26(34)33-24(18-13-17(29)7-8-21(18)36-5)23(27(35)38-14(2)3)15(4)32-28(33)39-22/h6-8,10-14,24H,1,9H2,2-5H3/b22-12-/t24-/m1/s1. The molecule has 204 valence electrons. The molecule has 1 aliphatic rings. The maximum Gasteiger partial charge on any atom is 0.338 e. The zero-order valence-corrected chi connectivity index (χ0v) is 28.3. The van der Waals surface area contributed by atoms with Gasteiger partial charge in [0.15, 0.2) is 4.80 Å². The van der Waals surface area contributed by atoms with Crippen molar-refractivity contribution in [3.63, 3.8) is 0 Å². The van der Waals surface area contributed by atoms with Gasteiger partial charge in [-0.05, 0) is 108 Å². The van der Waals surface area contributed by atoms with Crippen LogP contribution < -0.4 is 24.4 Å². The number of allylic oxidation sites excluding steroid dienone is 1. The van der Waals surface area contributed by atoms with Gasteiger partial charge < -0.3 is 14.2 Å².